The number of para-hydroxylation sites is 1. The number of benzene rings is 3. The van der Waals surface area contributed by atoms with Crippen molar-refractivity contribution in [2.45, 2.75) is 0 Å². The maximum Gasteiger partial charge on any atom is 0.138 e. The van der Waals surface area contributed by atoms with Crippen LogP contribution in [0.25, 0.3) is 33.9 Å². The lowest BCUT2D eigenvalue weighted by atomic mass is 10.1. The van der Waals surface area contributed by atoms with Gasteiger partial charge in [-0.2, -0.15) is 0 Å². The van der Waals surface area contributed by atoms with Gasteiger partial charge in [0.25, 0.3) is 0 Å². The van der Waals surface area contributed by atoms with Gasteiger partial charge in [-0.25, -0.2) is 9.37 Å². The van der Waals surface area contributed by atoms with Gasteiger partial charge in [0.05, 0.1) is 11.4 Å². The van der Waals surface area contributed by atoms with E-state index in [1.165, 1.54) is 12.1 Å². The van der Waals surface area contributed by atoms with Gasteiger partial charge in [0.15, 0.2) is 0 Å². The summed E-state index contributed by atoms with van der Waals surface area (Å²) in [7, 11) is 0. The standard InChI is InChI=1S/C26H18FN3O/c27-21-11-9-18(10-12-21)24-25(19-13-15-28-16-14-19)30-26(29-24)20-5-4-8-23(17-20)31-22-6-2-1-3-7-22/h1-17H,(H,29,30). The second-order valence-electron chi connectivity index (χ2n) is 6.99. The Balaban J connectivity index is 1.57. The van der Waals surface area contributed by atoms with E-state index in [-0.39, 0.29) is 5.82 Å². The zero-order valence-electron chi connectivity index (χ0n) is 16.5. The summed E-state index contributed by atoms with van der Waals surface area (Å²) in [6.45, 7) is 0. The number of aromatic nitrogens is 3. The van der Waals surface area contributed by atoms with Gasteiger partial charge in [-0.05, 0) is 60.7 Å². The number of hydrogen-bond acceptors (Lipinski definition) is 3. The summed E-state index contributed by atoms with van der Waals surface area (Å²) in [5, 5.41) is 0. The Labute approximate surface area is 179 Å². The lowest BCUT2D eigenvalue weighted by Crippen LogP contribution is -1.86. The molecule has 0 atom stereocenters. The minimum absolute atomic E-state index is 0.282. The Morgan fingerprint density at radius 3 is 2.19 bits per heavy atom. The van der Waals surface area contributed by atoms with E-state index in [9.17, 15) is 4.39 Å². The maximum atomic E-state index is 13.5. The molecule has 5 rings (SSSR count). The molecule has 0 aliphatic rings. The smallest absolute Gasteiger partial charge is 0.138 e. The summed E-state index contributed by atoms with van der Waals surface area (Å²) < 4.78 is 19.4. The molecule has 5 heteroatoms. The van der Waals surface area contributed by atoms with E-state index in [0.717, 1.165) is 33.8 Å². The molecular formula is C26H18FN3O. The summed E-state index contributed by atoms with van der Waals surface area (Å²) in [6, 6.07) is 27.6. The highest BCUT2D eigenvalue weighted by Gasteiger charge is 2.16. The summed E-state index contributed by atoms with van der Waals surface area (Å²) in [5.74, 6) is 1.90. The molecule has 0 amide bonds. The number of nitrogens with zero attached hydrogens (tertiary/aromatic N) is 2. The van der Waals surface area contributed by atoms with Crippen LogP contribution < -0.4 is 4.74 Å². The van der Waals surface area contributed by atoms with Crippen molar-refractivity contribution in [1.29, 1.82) is 0 Å². The van der Waals surface area contributed by atoms with Crippen molar-refractivity contribution in [2.75, 3.05) is 0 Å². The number of pyridine rings is 1. The second-order valence-corrected chi connectivity index (χ2v) is 6.99. The lowest BCUT2D eigenvalue weighted by molar-refractivity contribution is 0.483. The Morgan fingerprint density at radius 2 is 1.42 bits per heavy atom. The molecule has 0 aliphatic heterocycles. The molecule has 0 spiro atoms. The molecule has 0 aliphatic carbocycles. The summed E-state index contributed by atoms with van der Waals surface area (Å²) in [5.41, 5.74) is 4.25. The number of aromatic amines is 1. The summed E-state index contributed by atoms with van der Waals surface area (Å²) >= 11 is 0. The van der Waals surface area contributed by atoms with E-state index < -0.39 is 0 Å². The Hall–Kier alpha value is -4.25. The Bertz CT molecular complexity index is 1300. The van der Waals surface area contributed by atoms with E-state index in [4.69, 9.17) is 9.72 Å². The minimum Gasteiger partial charge on any atom is -0.457 e. The first-order chi connectivity index (χ1) is 15.3. The number of imidazole rings is 1. The number of H-pyrrole nitrogens is 1. The number of nitrogens with one attached hydrogen (secondary N) is 1. The molecule has 5 aromatic rings. The molecule has 0 saturated carbocycles. The van der Waals surface area contributed by atoms with Gasteiger partial charge in [-0.3, -0.25) is 4.98 Å². The van der Waals surface area contributed by atoms with E-state index in [1.54, 1.807) is 24.5 Å². The Morgan fingerprint density at radius 1 is 0.677 bits per heavy atom. The molecule has 1 N–H and O–H groups in total. The van der Waals surface area contributed by atoms with Gasteiger partial charge < -0.3 is 9.72 Å². The van der Waals surface area contributed by atoms with Crippen molar-refractivity contribution >= 4 is 0 Å². The van der Waals surface area contributed by atoms with E-state index in [1.807, 2.05) is 66.7 Å². The average molecular weight is 407 g/mol. The molecule has 0 fully saturated rings. The van der Waals surface area contributed by atoms with Crippen LogP contribution in [0.5, 0.6) is 11.5 Å². The highest BCUT2D eigenvalue weighted by molar-refractivity contribution is 5.81. The molecular weight excluding hydrogens is 389 g/mol. The molecule has 150 valence electrons. The summed E-state index contributed by atoms with van der Waals surface area (Å²) in [4.78, 5) is 12.4. The lowest BCUT2D eigenvalue weighted by Gasteiger charge is -2.06. The Kier molecular flexibility index (Phi) is 4.99. The van der Waals surface area contributed by atoms with Crippen molar-refractivity contribution < 1.29 is 9.13 Å². The fourth-order valence-electron chi connectivity index (χ4n) is 3.39. The first kappa shape index (κ1) is 18.8. The van der Waals surface area contributed by atoms with Crippen molar-refractivity contribution in [3.8, 4) is 45.4 Å². The topological polar surface area (TPSA) is 50.8 Å². The van der Waals surface area contributed by atoms with Gasteiger partial charge in [-0.15, -0.1) is 0 Å². The highest BCUT2D eigenvalue weighted by atomic mass is 19.1. The molecule has 2 heterocycles. The van der Waals surface area contributed by atoms with Crippen LogP contribution in [-0.4, -0.2) is 15.0 Å². The van der Waals surface area contributed by atoms with Crippen molar-refractivity contribution in [2.24, 2.45) is 0 Å². The molecule has 0 bridgehead atoms. The molecule has 0 unspecified atom stereocenters. The van der Waals surface area contributed by atoms with Gasteiger partial charge in [0, 0.05) is 29.1 Å². The van der Waals surface area contributed by atoms with Crippen molar-refractivity contribution in [1.82, 2.24) is 15.0 Å². The second kappa shape index (κ2) is 8.24. The molecule has 31 heavy (non-hydrogen) atoms. The predicted molar refractivity (Wildman–Crippen MR) is 119 cm³/mol. The van der Waals surface area contributed by atoms with Crippen LogP contribution in [0.2, 0.25) is 0 Å². The van der Waals surface area contributed by atoms with Crippen LogP contribution in [-0.2, 0) is 0 Å². The fraction of sp³-hybridized carbons (Fsp3) is 0. The molecule has 0 radical (unpaired) electrons. The van der Waals surface area contributed by atoms with Gasteiger partial charge in [0.1, 0.15) is 23.1 Å². The summed E-state index contributed by atoms with van der Waals surface area (Å²) in [6.07, 6.45) is 3.47. The first-order valence-corrected chi connectivity index (χ1v) is 9.86. The normalized spacial score (nSPS) is 10.7. The van der Waals surface area contributed by atoms with Gasteiger partial charge >= 0.3 is 0 Å². The molecule has 4 nitrogen and oxygen atoms in total. The van der Waals surface area contributed by atoms with Gasteiger partial charge in [0.2, 0.25) is 0 Å². The zero-order chi connectivity index (χ0) is 21.0. The van der Waals surface area contributed by atoms with Crippen LogP contribution in [0.15, 0.2) is 103 Å². The van der Waals surface area contributed by atoms with E-state index >= 15 is 0 Å². The highest BCUT2D eigenvalue weighted by Crippen LogP contribution is 2.34. The van der Waals surface area contributed by atoms with Crippen LogP contribution in [0, 0.1) is 5.82 Å². The predicted octanol–water partition coefficient (Wildman–Crippen LogP) is 6.74. The van der Waals surface area contributed by atoms with E-state index in [2.05, 4.69) is 9.97 Å². The third kappa shape index (κ3) is 4.07. The van der Waals surface area contributed by atoms with Crippen molar-refractivity contribution in [3.63, 3.8) is 0 Å². The number of ether oxygens (including phenoxy) is 1. The average Bonchev–Trinajstić information content (AvgIpc) is 3.27. The molecule has 0 saturated heterocycles. The van der Waals surface area contributed by atoms with Crippen LogP contribution in [0.3, 0.4) is 0 Å². The van der Waals surface area contributed by atoms with E-state index in [0.29, 0.717) is 11.6 Å². The first-order valence-electron chi connectivity index (χ1n) is 9.86. The molecule has 2 aromatic heterocycles. The number of halogens is 1. The maximum absolute atomic E-state index is 13.5. The van der Waals surface area contributed by atoms with Crippen molar-refractivity contribution in [3.05, 3.63) is 109 Å². The third-order valence-electron chi connectivity index (χ3n) is 4.88. The monoisotopic (exact) mass is 407 g/mol. The van der Waals surface area contributed by atoms with Crippen LogP contribution in [0.4, 0.5) is 4.39 Å². The largest absolute Gasteiger partial charge is 0.457 e. The SMILES string of the molecule is Fc1ccc(-c2nc(-c3cccc(Oc4ccccc4)c3)[nH]c2-c2ccncc2)cc1. The fourth-order valence-corrected chi connectivity index (χ4v) is 3.39. The number of rotatable bonds is 5. The zero-order valence-corrected chi connectivity index (χ0v) is 16.5. The number of hydrogen-bond donors (Lipinski definition) is 1. The molecule has 3 aromatic carbocycles. The van der Waals surface area contributed by atoms with Crippen LogP contribution in [0.1, 0.15) is 0 Å². The third-order valence-corrected chi connectivity index (χ3v) is 4.88. The van der Waals surface area contributed by atoms with Gasteiger partial charge in [-0.1, -0.05) is 30.3 Å². The minimum atomic E-state index is -0.282. The quantitative estimate of drug-likeness (QED) is 0.351. The van der Waals surface area contributed by atoms with Crippen LogP contribution >= 0.6 is 0 Å².